The van der Waals surface area contributed by atoms with Gasteiger partial charge in [0.05, 0.1) is 18.0 Å². The molecule has 6 atom stereocenters. The number of nitrogens with zero attached hydrogens (tertiary/aromatic N) is 2. The Bertz CT molecular complexity index is 1140. The van der Waals surface area contributed by atoms with Gasteiger partial charge in [-0.3, -0.25) is 14.4 Å². The number of halogens is 2. The first kappa shape index (κ1) is 19.9. The molecule has 1 aromatic heterocycles. The summed E-state index contributed by atoms with van der Waals surface area (Å²) in [7, 11) is 0. The van der Waals surface area contributed by atoms with Crippen molar-refractivity contribution in [2.24, 2.45) is 35.5 Å². The van der Waals surface area contributed by atoms with Crippen LogP contribution in [0.1, 0.15) is 16.8 Å². The summed E-state index contributed by atoms with van der Waals surface area (Å²) in [6.45, 7) is -0.221. The first-order chi connectivity index (χ1) is 15.4. The molecule has 0 unspecified atom stereocenters. The van der Waals surface area contributed by atoms with Crippen LogP contribution in [-0.4, -0.2) is 29.2 Å². The van der Waals surface area contributed by atoms with Gasteiger partial charge < -0.3 is 4.74 Å². The Morgan fingerprint density at radius 3 is 2.19 bits per heavy atom. The molecule has 4 aliphatic carbocycles. The van der Waals surface area contributed by atoms with E-state index in [1.54, 1.807) is 18.2 Å². The number of Topliss-reactive ketones (excluding diaryl/α,β-unsaturated/α-hetero) is 1. The van der Waals surface area contributed by atoms with Gasteiger partial charge in [-0.1, -0.05) is 35.4 Å². The molecule has 7 rings (SSSR count). The van der Waals surface area contributed by atoms with Crippen molar-refractivity contribution < 1.29 is 19.1 Å². The smallest absolute Gasteiger partial charge is 0.239 e. The van der Waals surface area contributed by atoms with E-state index in [2.05, 4.69) is 17.1 Å². The highest BCUT2D eigenvalue weighted by Gasteiger charge is 2.67. The number of hydrogen-bond donors (Lipinski definition) is 0. The van der Waals surface area contributed by atoms with E-state index < -0.39 is 0 Å². The molecule has 2 saturated carbocycles. The van der Waals surface area contributed by atoms with Gasteiger partial charge in [0.1, 0.15) is 11.6 Å². The molecular formula is C24H18Cl2N2O4. The predicted octanol–water partition coefficient (Wildman–Crippen LogP) is 4.21. The van der Waals surface area contributed by atoms with E-state index in [0.29, 0.717) is 39.0 Å². The summed E-state index contributed by atoms with van der Waals surface area (Å²) in [5, 5.41) is 0.738. The molecule has 0 radical (unpaired) electrons. The van der Waals surface area contributed by atoms with Gasteiger partial charge in [0.2, 0.25) is 11.8 Å². The van der Waals surface area contributed by atoms with Gasteiger partial charge in [-0.15, -0.1) is 0 Å². The van der Waals surface area contributed by atoms with Crippen molar-refractivity contribution in [3.8, 4) is 5.75 Å². The van der Waals surface area contributed by atoms with Crippen molar-refractivity contribution in [2.75, 3.05) is 11.5 Å². The van der Waals surface area contributed by atoms with Crippen LogP contribution in [0, 0.1) is 35.5 Å². The molecule has 3 fully saturated rings. The van der Waals surface area contributed by atoms with E-state index in [-0.39, 0.29) is 47.9 Å². The van der Waals surface area contributed by atoms with Crippen molar-refractivity contribution >= 4 is 46.6 Å². The lowest BCUT2D eigenvalue weighted by Gasteiger charge is -2.37. The number of amides is 2. The molecule has 1 saturated heterocycles. The number of carbonyl (C=O) groups excluding carboxylic acids is 3. The Balaban J connectivity index is 1.16. The first-order valence-corrected chi connectivity index (χ1v) is 11.3. The molecule has 0 spiro atoms. The third kappa shape index (κ3) is 3.00. The van der Waals surface area contributed by atoms with E-state index in [1.165, 1.54) is 23.2 Å². The number of carbonyl (C=O) groups is 3. The number of rotatable bonds is 5. The average Bonchev–Trinajstić information content (AvgIpc) is 3.55. The highest BCUT2D eigenvalue weighted by atomic mass is 35.5. The van der Waals surface area contributed by atoms with E-state index in [1.807, 2.05) is 0 Å². The lowest BCUT2D eigenvalue weighted by molar-refractivity contribution is -0.124. The number of benzene rings is 1. The number of ketones is 1. The summed E-state index contributed by atoms with van der Waals surface area (Å²) < 4.78 is 5.54. The highest BCUT2D eigenvalue weighted by molar-refractivity contribution is 6.35. The number of pyridine rings is 1. The van der Waals surface area contributed by atoms with Crippen LogP contribution in [0.15, 0.2) is 48.7 Å². The summed E-state index contributed by atoms with van der Waals surface area (Å²) in [6.07, 6.45) is 6.83. The van der Waals surface area contributed by atoms with Gasteiger partial charge in [0.15, 0.2) is 12.4 Å². The Kier molecular flexibility index (Phi) is 4.46. The van der Waals surface area contributed by atoms with Gasteiger partial charge in [0.25, 0.3) is 0 Å². The Morgan fingerprint density at radius 2 is 1.62 bits per heavy atom. The summed E-state index contributed by atoms with van der Waals surface area (Å²) in [6, 6.07) is 7.78. The van der Waals surface area contributed by atoms with Crippen LogP contribution in [0.4, 0.5) is 5.82 Å². The summed E-state index contributed by atoms with van der Waals surface area (Å²) in [4.78, 5) is 44.2. The zero-order valence-electron chi connectivity index (χ0n) is 16.8. The van der Waals surface area contributed by atoms with E-state index in [4.69, 9.17) is 27.9 Å². The maximum Gasteiger partial charge on any atom is 0.239 e. The lowest BCUT2D eigenvalue weighted by atomic mass is 9.63. The normalized spacial score (nSPS) is 31.5. The van der Waals surface area contributed by atoms with Crippen LogP contribution >= 0.6 is 23.2 Å². The minimum atomic E-state index is -0.283. The molecule has 2 aromatic rings. The fraction of sp³-hybridized carbons (Fsp3) is 0.333. The summed E-state index contributed by atoms with van der Waals surface area (Å²) in [5.74, 6) is 0.985. The quantitative estimate of drug-likeness (QED) is 0.373. The minimum Gasteiger partial charge on any atom is -0.484 e. The molecule has 5 aliphatic rings. The van der Waals surface area contributed by atoms with Gasteiger partial charge in [-0.25, -0.2) is 9.88 Å². The maximum atomic E-state index is 13.2. The number of anilines is 1. The number of hydrogen-bond acceptors (Lipinski definition) is 5. The molecule has 2 bridgehead atoms. The fourth-order valence-corrected chi connectivity index (χ4v) is 6.25. The zero-order valence-corrected chi connectivity index (χ0v) is 18.3. The molecule has 8 heteroatoms. The van der Waals surface area contributed by atoms with Gasteiger partial charge >= 0.3 is 0 Å². The Hall–Kier alpha value is -2.70. The Labute approximate surface area is 194 Å². The highest BCUT2D eigenvalue weighted by Crippen LogP contribution is 2.65. The van der Waals surface area contributed by atoms with Crippen molar-refractivity contribution in [1.82, 2.24) is 4.98 Å². The van der Waals surface area contributed by atoms with Crippen LogP contribution in [0.3, 0.4) is 0 Å². The van der Waals surface area contributed by atoms with Crippen LogP contribution in [0.25, 0.3) is 0 Å². The Morgan fingerprint density at radius 1 is 1.00 bits per heavy atom. The molecule has 2 amide bonds. The van der Waals surface area contributed by atoms with Crippen LogP contribution in [0.2, 0.25) is 10.0 Å². The lowest BCUT2D eigenvalue weighted by Crippen LogP contribution is -2.40. The number of allylic oxidation sites excluding steroid dienone is 2. The molecular weight excluding hydrogens is 451 g/mol. The van der Waals surface area contributed by atoms with Gasteiger partial charge in [-0.05, 0) is 60.4 Å². The second kappa shape index (κ2) is 7.15. The summed E-state index contributed by atoms with van der Waals surface area (Å²) >= 11 is 11.9. The van der Waals surface area contributed by atoms with Crippen molar-refractivity contribution in [2.45, 2.75) is 6.42 Å². The molecule has 1 aliphatic heterocycles. The number of ether oxygens (including phenoxy) is 1. The molecule has 2 heterocycles. The molecule has 0 N–H and O–H groups in total. The van der Waals surface area contributed by atoms with E-state index >= 15 is 0 Å². The second-order valence-electron chi connectivity index (χ2n) is 8.89. The van der Waals surface area contributed by atoms with Crippen molar-refractivity contribution in [3.63, 3.8) is 0 Å². The molecule has 32 heavy (non-hydrogen) atoms. The molecule has 162 valence electrons. The molecule has 6 nitrogen and oxygen atoms in total. The minimum absolute atomic E-state index is 0.154. The topological polar surface area (TPSA) is 76.6 Å². The third-order valence-electron chi connectivity index (χ3n) is 7.17. The van der Waals surface area contributed by atoms with Crippen LogP contribution in [0.5, 0.6) is 5.75 Å². The fourth-order valence-electron chi connectivity index (χ4n) is 5.72. The van der Waals surface area contributed by atoms with Crippen molar-refractivity contribution in [1.29, 1.82) is 0 Å². The largest absolute Gasteiger partial charge is 0.484 e. The maximum absolute atomic E-state index is 13.2. The van der Waals surface area contributed by atoms with E-state index in [0.717, 1.165) is 6.42 Å². The molecule has 1 aromatic carbocycles. The predicted molar refractivity (Wildman–Crippen MR) is 118 cm³/mol. The first-order valence-electron chi connectivity index (χ1n) is 10.6. The van der Waals surface area contributed by atoms with Gasteiger partial charge in [0, 0.05) is 15.6 Å². The number of aromatic nitrogens is 1. The third-order valence-corrected chi connectivity index (χ3v) is 7.60. The van der Waals surface area contributed by atoms with Crippen LogP contribution < -0.4 is 9.64 Å². The zero-order chi connectivity index (χ0) is 22.1. The summed E-state index contributed by atoms with van der Waals surface area (Å²) in [5.41, 5.74) is 0.351. The standard InChI is InChI=1S/C24H18Cl2N2O4/c25-12-5-11(6-13(26)7-12)19(29)10-32-14-1-4-20(27-9-14)28-23(30)21-15-2-3-16(18-8-17(15)18)22(21)24(28)31/h1-7,9,15-18,21-22H,8,10H2/t15-,16+,17+,18-,21-,22+. The van der Waals surface area contributed by atoms with Gasteiger partial charge in [-0.2, -0.15) is 0 Å². The monoisotopic (exact) mass is 468 g/mol. The second-order valence-corrected chi connectivity index (χ2v) is 9.76. The van der Waals surface area contributed by atoms with Crippen molar-refractivity contribution in [3.05, 3.63) is 64.3 Å². The average molecular weight is 469 g/mol. The number of imide groups is 1. The van der Waals surface area contributed by atoms with E-state index in [9.17, 15) is 14.4 Å². The SMILES string of the molecule is O=C(COc1ccc(N2C(=O)[C@@H]3[C@@H]4C=C[C@@H]([C@H]5C[C@@H]45)[C@@H]3C2=O)nc1)c1cc(Cl)cc(Cl)c1. The van der Waals surface area contributed by atoms with Crippen LogP contribution in [-0.2, 0) is 9.59 Å².